The molecule has 1 heterocycles. The van der Waals surface area contributed by atoms with Gasteiger partial charge in [0.2, 0.25) is 5.91 Å². The first-order valence-electron chi connectivity index (χ1n) is 7.57. The monoisotopic (exact) mass is 289 g/mol. The summed E-state index contributed by atoms with van der Waals surface area (Å²) in [6.45, 7) is 4.46. The van der Waals surface area contributed by atoms with Gasteiger partial charge < -0.3 is 10.0 Å². The van der Waals surface area contributed by atoms with Crippen molar-refractivity contribution in [3.05, 3.63) is 35.4 Å². The minimum absolute atomic E-state index is 0.0818. The van der Waals surface area contributed by atoms with Crippen molar-refractivity contribution in [1.29, 1.82) is 0 Å². The Kier molecular flexibility index (Phi) is 4.99. The Hall–Kier alpha value is -1.84. The van der Waals surface area contributed by atoms with Gasteiger partial charge in [-0.25, -0.2) is 0 Å². The van der Waals surface area contributed by atoms with Gasteiger partial charge >= 0.3 is 5.97 Å². The maximum absolute atomic E-state index is 12.2. The van der Waals surface area contributed by atoms with Gasteiger partial charge in [-0.3, -0.25) is 9.59 Å². The predicted molar refractivity (Wildman–Crippen MR) is 81.0 cm³/mol. The van der Waals surface area contributed by atoms with Crippen molar-refractivity contribution in [3.63, 3.8) is 0 Å². The van der Waals surface area contributed by atoms with E-state index in [4.69, 9.17) is 5.11 Å². The van der Waals surface area contributed by atoms with Crippen LogP contribution in [0.25, 0.3) is 0 Å². The molecule has 1 amide bonds. The molecule has 2 unspecified atom stereocenters. The van der Waals surface area contributed by atoms with E-state index in [2.05, 4.69) is 31.2 Å². The van der Waals surface area contributed by atoms with E-state index in [1.54, 1.807) is 4.90 Å². The maximum atomic E-state index is 12.2. The maximum Gasteiger partial charge on any atom is 0.308 e. The lowest BCUT2D eigenvalue weighted by Crippen LogP contribution is -2.37. The molecule has 0 radical (unpaired) electrons. The van der Waals surface area contributed by atoms with E-state index in [0.717, 1.165) is 12.8 Å². The van der Waals surface area contributed by atoms with E-state index in [9.17, 15) is 9.59 Å². The van der Waals surface area contributed by atoms with E-state index < -0.39 is 11.9 Å². The average Bonchev–Trinajstić information content (AvgIpc) is 2.83. The first kappa shape index (κ1) is 15.5. The third-order valence-electron chi connectivity index (χ3n) is 4.37. The Morgan fingerprint density at radius 3 is 2.52 bits per heavy atom. The highest BCUT2D eigenvalue weighted by Gasteiger charge is 2.37. The van der Waals surface area contributed by atoms with E-state index in [-0.39, 0.29) is 11.9 Å². The molecular weight excluding hydrogens is 266 g/mol. The first-order valence-corrected chi connectivity index (χ1v) is 7.57. The van der Waals surface area contributed by atoms with Gasteiger partial charge in [-0.05, 0) is 38.7 Å². The van der Waals surface area contributed by atoms with Gasteiger partial charge in [0, 0.05) is 19.0 Å². The zero-order chi connectivity index (χ0) is 15.4. The van der Waals surface area contributed by atoms with E-state index >= 15 is 0 Å². The van der Waals surface area contributed by atoms with Crippen molar-refractivity contribution >= 4 is 11.9 Å². The Morgan fingerprint density at radius 1 is 1.29 bits per heavy atom. The molecule has 1 aromatic carbocycles. The molecule has 1 saturated heterocycles. The van der Waals surface area contributed by atoms with Gasteiger partial charge in [0.25, 0.3) is 0 Å². The summed E-state index contributed by atoms with van der Waals surface area (Å²) in [5.74, 6) is -1.12. The summed E-state index contributed by atoms with van der Waals surface area (Å²) in [4.78, 5) is 25.0. The summed E-state index contributed by atoms with van der Waals surface area (Å²) in [6.07, 6.45) is 2.75. The Bertz CT molecular complexity index is 509. The van der Waals surface area contributed by atoms with Crippen LogP contribution in [0.4, 0.5) is 0 Å². The molecule has 0 aromatic heterocycles. The van der Waals surface area contributed by atoms with Crippen LogP contribution >= 0.6 is 0 Å². The number of nitrogens with zero attached hydrogens (tertiary/aromatic N) is 1. The highest BCUT2D eigenvalue weighted by atomic mass is 16.4. The number of aliphatic carboxylic acids is 1. The fourth-order valence-electron chi connectivity index (χ4n) is 2.96. The highest BCUT2D eigenvalue weighted by molar-refractivity contribution is 5.79. The van der Waals surface area contributed by atoms with Gasteiger partial charge in [-0.15, -0.1) is 0 Å². The highest BCUT2D eigenvalue weighted by Crippen LogP contribution is 2.25. The number of carbonyl (C=O) groups is 2. The summed E-state index contributed by atoms with van der Waals surface area (Å²) >= 11 is 0. The van der Waals surface area contributed by atoms with Crippen molar-refractivity contribution in [1.82, 2.24) is 4.90 Å². The van der Waals surface area contributed by atoms with Crippen molar-refractivity contribution in [2.24, 2.45) is 5.92 Å². The second kappa shape index (κ2) is 6.74. The minimum Gasteiger partial charge on any atom is -0.481 e. The molecule has 2 rings (SSSR count). The van der Waals surface area contributed by atoms with Crippen molar-refractivity contribution in [2.75, 3.05) is 6.54 Å². The van der Waals surface area contributed by atoms with Crippen LogP contribution in [0.1, 0.15) is 37.3 Å². The van der Waals surface area contributed by atoms with Crippen LogP contribution in [-0.2, 0) is 16.0 Å². The number of carbonyl (C=O) groups excluding carboxylic acids is 1. The lowest BCUT2D eigenvalue weighted by atomic mass is 10.0. The number of carboxylic acid groups (broad SMARTS) is 1. The molecular formula is C17H23NO3. The molecule has 4 heteroatoms. The molecule has 1 fully saturated rings. The Labute approximate surface area is 125 Å². The number of hydrogen-bond acceptors (Lipinski definition) is 2. The molecule has 0 spiro atoms. The lowest BCUT2D eigenvalue weighted by molar-refractivity contribution is -0.143. The SMILES string of the molecule is Cc1ccc(CCCC(=O)N2CCC(C(=O)O)C2C)cc1. The van der Waals surface area contributed by atoms with Crippen LogP contribution in [0.3, 0.4) is 0 Å². The van der Waals surface area contributed by atoms with Gasteiger partial charge in [0.05, 0.1) is 5.92 Å². The number of benzene rings is 1. The third-order valence-corrected chi connectivity index (χ3v) is 4.37. The Morgan fingerprint density at radius 2 is 1.95 bits per heavy atom. The van der Waals surface area contributed by atoms with Crippen molar-refractivity contribution < 1.29 is 14.7 Å². The molecule has 2 atom stereocenters. The first-order chi connectivity index (χ1) is 9.99. The molecule has 0 aliphatic carbocycles. The second-order valence-electron chi connectivity index (χ2n) is 5.90. The zero-order valence-electron chi connectivity index (χ0n) is 12.7. The quantitative estimate of drug-likeness (QED) is 0.906. The summed E-state index contributed by atoms with van der Waals surface area (Å²) in [5, 5.41) is 9.09. The molecule has 1 aliphatic rings. The molecule has 114 valence electrons. The number of aryl methyl sites for hydroxylation is 2. The van der Waals surface area contributed by atoms with Crippen molar-refractivity contribution in [2.45, 2.75) is 45.6 Å². The molecule has 4 nitrogen and oxygen atoms in total. The topological polar surface area (TPSA) is 57.6 Å². The normalized spacial score (nSPS) is 21.5. The smallest absolute Gasteiger partial charge is 0.308 e. The summed E-state index contributed by atoms with van der Waals surface area (Å²) in [5.41, 5.74) is 2.48. The standard InChI is InChI=1S/C17H23NO3/c1-12-6-8-14(9-7-12)4-3-5-16(19)18-11-10-15(13(18)2)17(20)21/h6-9,13,15H,3-5,10-11H2,1-2H3,(H,20,21). The van der Waals surface area contributed by atoms with E-state index in [1.165, 1.54) is 11.1 Å². The second-order valence-corrected chi connectivity index (χ2v) is 5.90. The van der Waals surface area contributed by atoms with Gasteiger partial charge in [-0.1, -0.05) is 29.8 Å². The number of carboxylic acids is 1. The van der Waals surface area contributed by atoms with Crippen molar-refractivity contribution in [3.8, 4) is 0 Å². The largest absolute Gasteiger partial charge is 0.481 e. The Balaban J connectivity index is 1.80. The molecule has 0 saturated carbocycles. The molecule has 1 aliphatic heterocycles. The summed E-state index contributed by atoms with van der Waals surface area (Å²) in [6, 6.07) is 8.17. The van der Waals surface area contributed by atoms with Crippen LogP contribution in [0.15, 0.2) is 24.3 Å². The van der Waals surface area contributed by atoms with Gasteiger partial charge in [-0.2, -0.15) is 0 Å². The molecule has 21 heavy (non-hydrogen) atoms. The van der Waals surface area contributed by atoms with Crippen LogP contribution < -0.4 is 0 Å². The number of amides is 1. The molecule has 0 bridgehead atoms. The van der Waals surface area contributed by atoms with Crippen LogP contribution in [0, 0.1) is 12.8 Å². The third kappa shape index (κ3) is 3.84. The number of rotatable bonds is 5. The van der Waals surface area contributed by atoms with Gasteiger partial charge in [0.1, 0.15) is 0 Å². The lowest BCUT2D eigenvalue weighted by Gasteiger charge is -2.23. The van der Waals surface area contributed by atoms with Gasteiger partial charge in [0.15, 0.2) is 0 Å². The fraction of sp³-hybridized carbons (Fsp3) is 0.529. The van der Waals surface area contributed by atoms with E-state index in [0.29, 0.717) is 19.4 Å². The summed E-state index contributed by atoms with van der Waals surface area (Å²) in [7, 11) is 0. The predicted octanol–water partition coefficient (Wildman–Crippen LogP) is 2.64. The van der Waals surface area contributed by atoms with E-state index in [1.807, 2.05) is 6.92 Å². The molecule has 1 aromatic rings. The average molecular weight is 289 g/mol. The molecule has 1 N–H and O–H groups in total. The summed E-state index contributed by atoms with van der Waals surface area (Å²) < 4.78 is 0. The minimum atomic E-state index is -0.794. The van der Waals surface area contributed by atoms with Crippen LogP contribution in [-0.4, -0.2) is 34.5 Å². The zero-order valence-corrected chi connectivity index (χ0v) is 12.7. The van der Waals surface area contributed by atoms with Crippen LogP contribution in [0.5, 0.6) is 0 Å². The fourth-order valence-corrected chi connectivity index (χ4v) is 2.96. The van der Waals surface area contributed by atoms with Crippen LogP contribution in [0.2, 0.25) is 0 Å². The number of likely N-dealkylation sites (tertiary alicyclic amines) is 1. The number of hydrogen-bond donors (Lipinski definition) is 1.